The topological polar surface area (TPSA) is 96.8 Å². The van der Waals surface area contributed by atoms with Crippen LogP contribution in [-0.4, -0.2) is 20.4 Å². The minimum Gasteiger partial charge on any atom is -0.346 e. The lowest BCUT2D eigenvalue weighted by Crippen LogP contribution is -2.38. The van der Waals surface area contributed by atoms with Crippen LogP contribution >= 0.6 is 11.3 Å². The third-order valence-corrected chi connectivity index (χ3v) is 4.37. The number of nitrogens with one attached hydrogen (secondary N) is 2. The molecule has 2 aromatic heterocycles. The maximum atomic E-state index is 12.1. The van der Waals surface area contributed by atoms with E-state index in [1.807, 2.05) is 35.7 Å². The third-order valence-electron chi connectivity index (χ3n) is 3.43. The molecule has 1 aromatic carbocycles. The number of benzene rings is 1. The molecule has 0 unspecified atom stereocenters. The number of H-pyrrole nitrogens is 1. The summed E-state index contributed by atoms with van der Waals surface area (Å²) in [6.07, 6.45) is 1.12. The molecule has 0 aliphatic heterocycles. The van der Waals surface area contributed by atoms with Crippen molar-refractivity contribution in [1.82, 2.24) is 19.9 Å². The fraction of sp³-hybridized carbons (Fsp3) is 0.125. The van der Waals surface area contributed by atoms with E-state index in [1.54, 1.807) is 0 Å². The molecule has 0 spiro atoms. The molecule has 0 radical (unpaired) electrons. The Kier molecular flexibility index (Phi) is 4.39. The molecular weight excluding hydrogens is 328 g/mol. The summed E-state index contributed by atoms with van der Waals surface area (Å²) in [5.74, 6) is -0.555. The number of hydrogen-bond donors (Lipinski definition) is 2. The molecule has 0 fully saturated rings. The number of hydrogen-bond acceptors (Lipinski definition) is 5. The molecule has 0 saturated heterocycles. The largest absolute Gasteiger partial charge is 0.346 e. The third kappa shape index (κ3) is 3.18. The van der Waals surface area contributed by atoms with E-state index in [-0.39, 0.29) is 12.1 Å². The van der Waals surface area contributed by atoms with Crippen LogP contribution in [0.1, 0.15) is 16.1 Å². The van der Waals surface area contributed by atoms with Gasteiger partial charge in [0.1, 0.15) is 10.6 Å². The first-order valence-corrected chi connectivity index (χ1v) is 8.01. The number of aromatic nitrogens is 3. The van der Waals surface area contributed by atoms with E-state index in [1.165, 1.54) is 18.4 Å². The van der Waals surface area contributed by atoms with Crippen molar-refractivity contribution in [2.24, 2.45) is 7.05 Å². The minimum atomic E-state index is -0.639. The van der Waals surface area contributed by atoms with Gasteiger partial charge in [0.25, 0.3) is 11.5 Å². The van der Waals surface area contributed by atoms with Crippen LogP contribution in [0.2, 0.25) is 0 Å². The zero-order valence-electron chi connectivity index (χ0n) is 12.8. The summed E-state index contributed by atoms with van der Waals surface area (Å²) in [5.41, 5.74) is 0.390. The Morgan fingerprint density at radius 1 is 1.29 bits per heavy atom. The van der Waals surface area contributed by atoms with Crippen LogP contribution in [0.3, 0.4) is 0 Å². The van der Waals surface area contributed by atoms with E-state index < -0.39 is 17.2 Å². The molecular formula is C16H14N4O3S. The average Bonchev–Trinajstić information content (AvgIpc) is 3.07. The van der Waals surface area contributed by atoms with Crippen LogP contribution < -0.4 is 16.6 Å². The number of carbonyl (C=O) groups is 1. The molecule has 3 rings (SSSR count). The number of nitrogens with zero attached hydrogens (tertiary/aromatic N) is 2. The van der Waals surface area contributed by atoms with Gasteiger partial charge in [0.05, 0.1) is 12.2 Å². The second kappa shape index (κ2) is 6.63. The summed E-state index contributed by atoms with van der Waals surface area (Å²) in [4.78, 5) is 42.1. The lowest BCUT2D eigenvalue weighted by atomic mass is 10.2. The van der Waals surface area contributed by atoms with Crippen molar-refractivity contribution < 1.29 is 4.79 Å². The van der Waals surface area contributed by atoms with E-state index in [9.17, 15) is 14.4 Å². The number of thiazole rings is 1. The molecule has 0 aliphatic carbocycles. The van der Waals surface area contributed by atoms with Crippen LogP contribution in [0.4, 0.5) is 0 Å². The van der Waals surface area contributed by atoms with Gasteiger partial charge in [-0.15, -0.1) is 11.3 Å². The van der Waals surface area contributed by atoms with Crippen LogP contribution in [0.25, 0.3) is 10.6 Å². The first-order chi connectivity index (χ1) is 11.6. The molecule has 0 aliphatic rings. The zero-order chi connectivity index (χ0) is 17.1. The smallest absolute Gasteiger partial charge is 0.328 e. The Balaban J connectivity index is 1.72. The van der Waals surface area contributed by atoms with Gasteiger partial charge in [0.2, 0.25) is 0 Å². The number of carbonyl (C=O) groups excluding carboxylic acids is 1. The fourth-order valence-corrected chi connectivity index (χ4v) is 2.92. The number of rotatable bonds is 4. The van der Waals surface area contributed by atoms with Gasteiger partial charge in [0.15, 0.2) is 0 Å². The van der Waals surface area contributed by atoms with Gasteiger partial charge >= 0.3 is 5.69 Å². The molecule has 2 N–H and O–H groups in total. The van der Waals surface area contributed by atoms with Gasteiger partial charge in [-0.25, -0.2) is 9.78 Å². The quantitative estimate of drug-likeness (QED) is 0.743. The standard InChI is InChI=1S/C16H14N4O3S/c1-20-15(22)12(8-18-16(20)23)13(21)17-7-11-9-24-14(19-11)10-5-3-2-4-6-10/h2-6,8-9H,7H2,1H3,(H,17,21)(H,18,23). The Bertz CT molecular complexity index is 988. The van der Waals surface area contributed by atoms with Crippen molar-refractivity contribution in [3.05, 3.63) is 74.0 Å². The van der Waals surface area contributed by atoms with E-state index in [4.69, 9.17) is 0 Å². The highest BCUT2D eigenvalue weighted by molar-refractivity contribution is 7.13. The second-order valence-corrected chi connectivity index (χ2v) is 5.92. The first-order valence-electron chi connectivity index (χ1n) is 7.13. The van der Waals surface area contributed by atoms with Crippen molar-refractivity contribution in [1.29, 1.82) is 0 Å². The lowest BCUT2D eigenvalue weighted by molar-refractivity contribution is 0.0948. The molecule has 0 bridgehead atoms. The Morgan fingerprint density at radius 2 is 2.04 bits per heavy atom. The van der Waals surface area contributed by atoms with Crippen molar-refractivity contribution in [2.75, 3.05) is 0 Å². The molecule has 1 amide bonds. The van der Waals surface area contributed by atoms with Crippen molar-refractivity contribution in [3.63, 3.8) is 0 Å². The van der Waals surface area contributed by atoms with Crippen LogP contribution in [0.15, 0.2) is 51.5 Å². The molecule has 24 heavy (non-hydrogen) atoms. The summed E-state index contributed by atoms with van der Waals surface area (Å²) < 4.78 is 0.852. The van der Waals surface area contributed by atoms with Gasteiger partial charge in [-0.1, -0.05) is 30.3 Å². The highest BCUT2D eigenvalue weighted by Crippen LogP contribution is 2.23. The van der Waals surface area contributed by atoms with Crippen molar-refractivity contribution >= 4 is 17.2 Å². The van der Waals surface area contributed by atoms with Gasteiger partial charge in [-0.2, -0.15) is 0 Å². The lowest BCUT2D eigenvalue weighted by Gasteiger charge is -2.04. The van der Waals surface area contributed by atoms with Crippen LogP contribution in [0, 0.1) is 0 Å². The van der Waals surface area contributed by atoms with E-state index in [0.29, 0.717) is 5.69 Å². The summed E-state index contributed by atoms with van der Waals surface area (Å²) in [6.45, 7) is 0.199. The van der Waals surface area contributed by atoms with E-state index in [0.717, 1.165) is 21.3 Å². The van der Waals surface area contributed by atoms with Gasteiger partial charge in [-0.05, 0) is 0 Å². The fourth-order valence-electron chi connectivity index (χ4n) is 2.10. The van der Waals surface area contributed by atoms with Gasteiger partial charge < -0.3 is 10.3 Å². The SMILES string of the molecule is Cn1c(=O)[nH]cc(C(=O)NCc2csc(-c3ccccc3)n2)c1=O. The summed E-state index contributed by atoms with van der Waals surface area (Å²) in [7, 11) is 1.31. The molecule has 2 heterocycles. The van der Waals surface area contributed by atoms with Gasteiger partial charge in [-0.3, -0.25) is 14.2 Å². The number of amides is 1. The monoisotopic (exact) mass is 342 g/mol. The Hall–Kier alpha value is -3.00. The Labute approximate surface area is 140 Å². The highest BCUT2D eigenvalue weighted by atomic mass is 32.1. The normalized spacial score (nSPS) is 10.5. The predicted octanol–water partition coefficient (Wildman–Crippen LogP) is 1.13. The molecule has 7 nitrogen and oxygen atoms in total. The molecule has 8 heteroatoms. The van der Waals surface area contributed by atoms with Crippen LogP contribution in [0.5, 0.6) is 0 Å². The van der Waals surface area contributed by atoms with E-state index in [2.05, 4.69) is 15.3 Å². The minimum absolute atomic E-state index is 0.115. The first kappa shape index (κ1) is 15.9. The highest BCUT2D eigenvalue weighted by Gasteiger charge is 2.13. The second-order valence-electron chi connectivity index (χ2n) is 5.06. The molecule has 0 saturated carbocycles. The molecule has 3 aromatic rings. The number of aromatic amines is 1. The summed E-state index contributed by atoms with van der Waals surface area (Å²) in [5, 5.41) is 5.35. The predicted molar refractivity (Wildman–Crippen MR) is 91.0 cm³/mol. The van der Waals surface area contributed by atoms with E-state index >= 15 is 0 Å². The van der Waals surface area contributed by atoms with Crippen molar-refractivity contribution in [2.45, 2.75) is 6.54 Å². The summed E-state index contributed by atoms with van der Waals surface area (Å²) in [6, 6.07) is 9.73. The average molecular weight is 342 g/mol. The summed E-state index contributed by atoms with van der Waals surface area (Å²) >= 11 is 1.48. The van der Waals surface area contributed by atoms with Gasteiger partial charge in [0, 0.05) is 24.2 Å². The molecule has 122 valence electrons. The van der Waals surface area contributed by atoms with Crippen LogP contribution in [-0.2, 0) is 13.6 Å². The molecule has 0 atom stereocenters. The maximum Gasteiger partial charge on any atom is 0.328 e. The Morgan fingerprint density at radius 3 is 2.79 bits per heavy atom. The zero-order valence-corrected chi connectivity index (χ0v) is 13.6. The van der Waals surface area contributed by atoms with Crippen molar-refractivity contribution in [3.8, 4) is 10.6 Å². The maximum absolute atomic E-state index is 12.1.